The van der Waals surface area contributed by atoms with E-state index >= 15 is 0 Å². The Kier molecular flexibility index (Phi) is 6.89. The predicted molar refractivity (Wildman–Crippen MR) is 114 cm³/mol. The molecule has 6 nitrogen and oxygen atoms in total. The molecule has 0 fully saturated rings. The first-order valence-corrected chi connectivity index (χ1v) is 10.4. The third kappa shape index (κ3) is 4.95. The summed E-state index contributed by atoms with van der Waals surface area (Å²) in [6.07, 6.45) is 0. The Morgan fingerprint density at radius 1 is 1.21 bits per heavy atom. The summed E-state index contributed by atoms with van der Waals surface area (Å²) in [5.41, 5.74) is 0.826. The number of nitrogens with zero attached hydrogens (tertiary/aromatic N) is 4. The molecule has 0 atom stereocenters. The van der Waals surface area contributed by atoms with Crippen molar-refractivity contribution in [2.75, 3.05) is 18.6 Å². The van der Waals surface area contributed by atoms with Crippen LogP contribution in [0.5, 0.6) is 0 Å². The molecule has 152 valence electrons. The fourth-order valence-electron chi connectivity index (χ4n) is 2.48. The fourth-order valence-corrected chi connectivity index (χ4v) is 3.99. The van der Waals surface area contributed by atoms with Crippen LogP contribution in [-0.2, 0) is 11.3 Å². The molecule has 0 spiro atoms. The Balaban J connectivity index is 1.67. The number of nitrogens with two attached hydrogens (primary N) is 1. The molecule has 0 bridgehead atoms. The summed E-state index contributed by atoms with van der Waals surface area (Å²) in [5, 5.41) is 9.51. The zero-order chi connectivity index (χ0) is 21.1. The fraction of sp³-hybridized carbons (Fsp3) is 0.167. The van der Waals surface area contributed by atoms with Gasteiger partial charge in [-0.3, -0.25) is 4.79 Å². The van der Waals surface area contributed by atoms with Gasteiger partial charge in [0.1, 0.15) is 5.82 Å². The smallest absolute Gasteiger partial charge is 0.233 e. The number of carbonyl (C=O) groups is 1. The van der Waals surface area contributed by atoms with Crippen LogP contribution in [0.15, 0.2) is 41.6 Å². The summed E-state index contributed by atoms with van der Waals surface area (Å²) >= 11 is 19.2. The van der Waals surface area contributed by atoms with Crippen LogP contribution in [0.1, 0.15) is 5.56 Å². The molecular formula is C18H15Cl3FN5OS. The van der Waals surface area contributed by atoms with Crippen molar-refractivity contribution in [3.8, 4) is 11.4 Å². The number of halogens is 4. The number of benzene rings is 2. The number of carbonyl (C=O) groups excluding carboxylic acids is 1. The van der Waals surface area contributed by atoms with E-state index in [1.165, 1.54) is 21.7 Å². The maximum atomic E-state index is 13.9. The monoisotopic (exact) mass is 473 g/mol. The lowest BCUT2D eigenvalue weighted by atomic mass is 10.2. The van der Waals surface area contributed by atoms with Gasteiger partial charge in [-0.25, -0.2) is 9.07 Å². The van der Waals surface area contributed by atoms with Crippen molar-refractivity contribution in [3.63, 3.8) is 0 Å². The zero-order valence-corrected chi connectivity index (χ0v) is 18.2. The molecule has 2 N–H and O–H groups in total. The van der Waals surface area contributed by atoms with Crippen LogP contribution in [0.25, 0.3) is 11.4 Å². The first kappa shape index (κ1) is 21.7. The van der Waals surface area contributed by atoms with Crippen LogP contribution in [0.2, 0.25) is 15.1 Å². The largest absolute Gasteiger partial charge is 0.341 e. The summed E-state index contributed by atoms with van der Waals surface area (Å²) in [7, 11) is 1.57. The molecule has 2 aromatic carbocycles. The number of thioether (sulfide) groups is 1. The maximum Gasteiger partial charge on any atom is 0.233 e. The van der Waals surface area contributed by atoms with Gasteiger partial charge in [0.25, 0.3) is 0 Å². The zero-order valence-electron chi connectivity index (χ0n) is 15.1. The lowest BCUT2D eigenvalue weighted by Crippen LogP contribution is -2.28. The molecule has 0 radical (unpaired) electrons. The van der Waals surface area contributed by atoms with Gasteiger partial charge in [-0.1, -0.05) is 52.6 Å². The second-order valence-electron chi connectivity index (χ2n) is 6.04. The normalized spacial score (nSPS) is 10.9. The number of rotatable bonds is 6. The van der Waals surface area contributed by atoms with Crippen LogP contribution in [-0.4, -0.2) is 38.5 Å². The van der Waals surface area contributed by atoms with Crippen LogP contribution < -0.4 is 5.84 Å². The molecule has 29 heavy (non-hydrogen) atoms. The third-order valence-corrected chi connectivity index (χ3v) is 5.87. The highest BCUT2D eigenvalue weighted by Gasteiger charge is 2.18. The van der Waals surface area contributed by atoms with E-state index < -0.39 is 5.82 Å². The number of nitrogen functional groups attached to an aromatic ring is 1. The van der Waals surface area contributed by atoms with Gasteiger partial charge in [0.15, 0.2) is 5.82 Å². The predicted octanol–water partition coefficient (Wildman–Crippen LogP) is 4.51. The second-order valence-corrected chi connectivity index (χ2v) is 8.23. The molecule has 1 heterocycles. The highest BCUT2D eigenvalue weighted by molar-refractivity contribution is 7.99. The topological polar surface area (TPSA) is 77.0 Å². The van der Waals surface area contributed by atoms with E-state index in [0.29, 0.717) is 26.6 Å². The van der Waals surface area contributed by atoms with Gasteiger partial charge in [0.05, 0.1) is 10.8 Å². The van der Waals surface area contributed by atoms with Crippen molar-refractivity contribution in [2.24, 2.45) is 0 Å². The van der Waals surface area contributed by atoms with Crippen molar-refractivity contribution in [1.82, 2.24) is 19.8 Å². The molecule has 11 heteroatoms. The molecule has 0 saturated carbocycles. The minimum Gasteiger partial charge on any atom is -0.341 e. The van der Waals surface area contributed by atoms with Crippen molar-refractivity contribution >= 4 is 52.5 Å². The Bertz CT molecular complexity index is 1040. The van der Waals surface area contributed by atoms with E-state index in [-0.39, 0.29) is 28.8 Å². The van der Waals surface area contributed by atoms with Gasteiger partial charge in [-0.15, -0.1) is 10.2 Å². The Morgan fingerprint density at radius 2 is 1.97 bits per heavy atom. The van der Waals surface area contributed by atoms with Gasteiger partial charge in [-0.05, 0) is 30.3 Å². The number of amides is 1. The van der Waals surface area contributed by atoms with Crippen LogP contribution in [0.4, 0.5) is 4.39 Å². The lowest BCUT2D eigenvalue weighted by molar-refractivity contribution is -0.127. The first-order valence-electron chi connectivity index (χ1n) is 8.23. The molecule has 0 aliphatic carbocycles. The van der Waals surface area contributed by atoms with Gasteiger partial charge < -0.3 is 10.7 Å². The summed E-state index contributed by atoms with van der Waals surface area (Å²) in [6.45, 7) is 0.0475. The van der Waals surface area contributed by atoms with E-state index in [1.54, 1.807) is 31.3 Å². The molecule has 0 saturated heterocycles. The standard InChI is InChI=1S/C18H15Cl3FN5OS/c1-26(8-12-13(20)3-2-4-15(12)22)16(28)9-29-18-25-24-17(27(18)23)11-6-5-10(19)7-14(11)21/h2-7H,8-9,23H2,1H3. The van der Waals surface area contributed by atoms with Crippen LogP contribution >= 0.6 is 46.6 Å². The molecule has 3 aromatic rings. The van der Waals surface area contributed by atoms with E-state index in [2.05, 4.69) is 10.2 Å². The average molecular weight is 475 g/mol. The second kappa shape index (κ2) is 9.21. The van der Waals surface area contributed by atoms with Gasteiger partial charge in [-0.2, -0.15) is 0 Å². The minimum absolute atomic E-state index is 0.0340. The van der Waals surface area contributed by atoms with Crippen molar-refractivity contribution in [1.29, 1.82) is 0 Å². The summed E-state index contributed by atoms with van der Waals surface area (Å²) < 4.78 is 15.2. The van der Waals surface area contributed by atoms with Crippen molar-refractivity contribution in [2.45, 2.75) is 11.7 Å². The van der Waals surface area contributed by atoms with Crippen LogP contribution in [0.3, 0.4) is 0 Å². The van der Waals surface area contributed by atoms with E-state index in [9.17, 15) is 9.18 Å². The highest BCUT2D eigenvalue weighted by atomic mass is 35.5. The Hall–Kier alpha value is -2.00. The molecule has 0 aliphatic rings. The van der Waals surface area contributed by atoms with E-state index in [1.807, 2.05) is 0 Å². The van der Waals surface area contributed by atoms with Crippen LogP contribution in [0, 0.1) is 5.82 Å². The van der Waals surface area contributed by atoms with Gasteiger partial charge >= 0.3 is 0 Å². The molecule has 1 amide bonds. The summed E-state index contributed by atoms with van der Waals surface area (Å²) in [5.74, 6) is 5.72. The SMILES string of the molecule is CN(Cc1c(F)cccc1Cl)C(=O)CSc1nnc(-c2ccc(Cl)cc2Cl)n1N. The third-order valence-electron chi connectivity index (χ3n) is 4.04. The molecule has 3 rings (SSSR count). The molecule has 0 unspecified atom stereocenters. The van der Waals surface area contributed by atoms with E-state index in [0.717, 1.165) is 11.8 Å². The quantitative estimate of drug-likeness (QED) is 0.420. The minimum atomic E-state index is -0.462. The lowest BCUT2D eigenvalue weighted by Gasteiger charge is -2.18. The summed E-state index contributed by atoms with van der Waals surface area (Å²) in [6, 6.07) is 9.31. The number of aromatic nitrogens is 3. The van der Waals surface area contributed by atoms with Gasteiger partial charge in [0.2, 0.25) is 11.1 Å². The van der Waals surface area contributed by atoms with E-state index in [4.69, 9.17) is 40.6 Å². The van der Waals surface area contributed by atoms with Crippen molar-refractivity contribution < 1.29 is 9.18 Å². The number of hydrogen-bond donors (Lipinski definition) is 1. The maximum absolute atomic E-state index is 13.9. The first-order chi connectivity index (χ1) is 13.8. The Labute approximate surface area is 185 Å². The average Bonchev–Trinajstić information content (AvgIpc) is 3.03. The van der Waals surface area contributed by atoms with Crippen molar-refractivity contribution in [3.05, 3.63) is 62.8 Å². The number of hydrogen-bond acceptors (Lipinski definition) is 5. The highest BCUT2D eigenvalue weighted by Crippen LogP contribution is 2.30. The molecular weight excluding hydrogens is 460 g/mol. The molecule has 0 aliphatic heterocycles. The molecule has 1 aromatic heterocycles. The summed E-state index contributed by atoms with van der Waals surface area (Å²) in [4.78, 5) is 13.8. The Morgan fingerprint density at radius 3 is 2.66 bits per heavy atom. The van der Waals surface area contributed by atoms with Gasteiger partial charge in [0, 0.05) is 34.8 Å².